The number of hydrogen-bond acceptors (Lipinski definition) is 6. The fourth-order valence-electron chi connectivity index (χ4n) is 3.34. The average Bonchev–Trinajstić information content (AvgIpc) is 3.23. The summed E-state index contributed by atoms with van der Waals surface area (Å²) in [6.45, 7) is 1.63. The van der Waals surface area contributed by atoms with Gasteiger partial charge in [-0.15, -0.1) is 0 Å². The molecule has 1 saturated heterocycles. The molecule has 1 aromatic heterocycles. The van der Waals surface area contributed by atoms with Gasteiger partial charge in [-0.2, -0.15) is 5.10 Å². The zero-order chi connectivity index (χ0) is 20.8. The Bertz CT molecular complexity index is 867. The van der Waals surface area contributed by atoms with Crippen LogP contribution in [0.5, 0.6) is 0 Å². The number of aromatic amines is 1. The lowest BCUT2D eigenvalue weighted by atomic mass is 10.1. The molecular formula is C20H25N5O4. The molecule has 0 bridgehead atoms. The number of nitrogens with zero attached hydrogens (tertiary/aromatic N) is 3. The molecule has 0 saturated carbocycles. The lowest BCUT2D eigenvalue weighted by Crippen LogP contribution is -2.56. The molecule has 9 heteroatoms. The van der Waals surface area contributed by atoms with E-state index in [2.05, 4.69) is 20.4 Å². The molecule has 29 heavy (non-hydrogen) atoms. The topological polar surface area (TPSA) is 108 Å². The van der Waals surface area contributed by atoms with Gasteiger partial charge in [0, 0.05) is 25.2 Å². The number of ether oxygens (including phenoxy) is 1. The fourth-order valence-corrected chi connectivity index (χ4v) is 3.34. The SMILES string of the molecule is COC(=O)CC1CN(C)CCN1C(=O)CNC(=O)c1cc(-c2ccccc2)n[nH]1. The lowest BCUT2D eigenvalue weighted by molar-refractivity contribution is -0.145. The monoisotopic (exact) mass is 399 g/mol. The van der Waals surface area contributed by atoms with Crippen LogP contribution in [0.2, 0.25) is 0 Å². The number of carbonyl (C=O) groups is 3. The summed E-state index contributed by atoms with van der Waals surface area (Å²) in [5, 5.41) is 9.48. The molecule has 2 aromatic rings. The van der Waals surface area contributed by atoms with E-state index in [9.17, 15) is 14.4 Å². The average molecular weight is 399 g/mol. The van der Waals surface area contributed by atoms with E-state index in [1.165, 1.54) is 7.11 Å². The van der Waals surface area contributed by atoms with Gasteiger partial charge in [-0.05, 0) is 13.1 Å². The molecule has 1 unspecified atom stereocenters. The van der Waals surface area contributed by atoms with Crippen LogP contribution < -0.4 is 5.32 Å². The Morgan fingerprint density at radius 2 is 2.00 bits per heavy atom. The molecule has 9 nitrogen and oxygen atoms in total. The zero-order valence-corrected chi connectivity index (χ0v) is 16.6. The predicted octanol–water partition coefficient (Wildman–Crippen LogP) is 0.512. The Hall–Kier alpha value is -3.20. The minimum Gasteiger partial charge on any atom is -0.469 e. The highest BCUT2D eigenvalue weighted by Crippen LogP contribution is 2.17. The number of piperazine rings is 1. The van der Waals surface area contributed by atoms with Crippen molar-refractivity contribution in [3.05, 3.63) is 42.1 Å². The molecule has 2 N–H and O–H groups in total. The Kier molecular flexibility index (Phi) is 6.61. The first-order valence-corrected chi connectivity index (χ1v) is 9.41. The summed E-state index contributed by atoms with van der Waals surface area (Å²) in [5.41, 5.74) is 1.82. The molecule has 2 heterocycles. The molecule has 2 amide bonds. The quantitative estimate of drug-likeness (QED) is 0.686. The Balaban J connectivity index is 1.58. The van der Waals surface area contributed by atoms with Crippen molar-refractivity contribution in [1.29, 1.82) is 0 Å². The number of amides is 2. The van der Waals surface area contributed by atoms with E-state index in [0.29, 0.717) is 25.3 Å². The maximum absolute atomic E-state index is 12.7. The minimum absolute atomic E-state index is 0.126. The van der Waals surface area contributed by atoms with Crippen LogP contribution in [0, 0.1) is 0 Å². The van der Waals surface area contributed by atoms with Crippen LogP contribution in [-0.2, 0) is 14.3 Å². The van der Waals surface area contributed by atoms with Crippen molar-refractivity contribution < 1.29 is 19.1 Å². The number of hydrogen-bond donors (Lipinski definition) is 2. The van der Waals surface area contributed by atoms with Crippen molar-refractivity contribution in [1.82, 2.24) is 25.3 Å². The highest BCUT2D eigenvalue weighted by Gasteiger charge is 2.31. The van der Waals surface area contributed by atoms with Gasteiger partial charge in [-0.1, -0.05) is 30.3 Å². The summed E-state index contributed by atoms with van der Waals surface area (Å²) in [7, 11) is 3.27. The molecule has 154 valence electrons. The van der Waals surface area contributed by atoms with E-state index < -0.39 is 5.91 Å². The van der Waals surface area contributed by atoms with E-state index in [-0.39, 0.29) is 36.6 Å². The number of aromatic nitrogens is 2. The molecule has 1 fully saturated rings. The molecule has 1 aliphatic rings. The summed E-state index contributed by atoms with van der Waals surface area (Å²) >= 11 is 0. The van der Waals surface area contributed by atoms with Gasteiger partial charge in [0.25, 0.3) is 5.91 Å². The van der Waals surface area contributed by atoms with Gasteiger partial charge in [-0.3, -0.25) is 19.5 Å². The number of rotatable bonds is 6. The van der Waals surface area contributed by atoms with E-state index in [1.54, 1.807) is 11.0 Å². The second-order valence-corrected chi connectivity index (χ2v) is 7.00. The van der Waals surface area contributed by atoms with Crippen LogP contribution in [0.3, 0.4) is 0 Å². The maximum Gasteiger partial charge on any atom is 0.307 e. The van der Waals surface area contributed by atoms with E-state index in [4.69, 9.17) is 4.74 Å². The highest BCUT2D eigenvalue weighted by atomic mass is 16.5. The molecule has 3 rings (SSSR count). The number of esters is 1. The van der Waals surface area contributed by atoms with Gasteiger partial charge >= 0.3 is 5.97 Å². The summed E-state index contributed by atoms with van der Waals surface area (Å²) in [6, 6.07) is 10.9. The first-order valence-electron chi connectivity index (χ1n) is 9.41. The number of carbonyl (C=O) groups excluding carboxylic acids is 3. The number of benzene rings is 1. The third-order valence-corrected chi connectivity index (χ3v) is 4.93. The van der Waals surface area contributed by atoms with Crippen molar-refractivity contribution in [3.8, 4) is 11.3 Å². The number of likely N-dealkylation sites (N-methyl/N-ethyl adjacent to an activating group) is 1. The molecule has 0 radical (unpaired) electrons. The molecule has 1 aliphatic heterocycles. The maximum atomic E-state index is 12.7. The van der Waals surface area contributed by atoms with Crippen molar-refractivity contribution >= 4 is 17.8 Å². The van der Waals surface area contributed by atoms with Gasteiger partial charge in [-0.25, -0.2) is 0 Å². The van der Waals surface area contributed by atoms with Gasteiger partial charge in [0.15, 0.2) is 0 Å². The van der Waals surface area contributed by atoms with Crippen LogP contribution in [0.15, 0.2) is 36.4 Å². The minimum atomic E-state index is -0.410. The van der Waals surface area contributed by atoms with Crippen LogP contribution in [-0.4, -0.2) is 84.2 Å². The molecule has 0 spiro atoms. The summed E-state index contributed by atoms with van der Waals surface area (Å²) in [4.78, 5) is 40.4. The summed E-state index contributed by atoms with van der Waals surface area (Å²) in [5.74, 6) is -1.01. The lowest BCUT2D eigenvalue weighted by Gasteiger charge is -2.39. The van der Waals surface area contributed by atoms with Crippen molar-refractivity contribution in [2.45, 2.75) is 12.5 Å². The molecule has 1 atom stereocenters. The fraction of sp³-hybridized carbons (Fsp3) is 0.400. The molecular weight excluding hydrogens is 374 g/mol. The van der Waals surface area contributed by atoms with Crippen molar-refractivity contribution in [2.75, 3.05) is 40.3 Å². The Morgan fingerprint density at radius 1 is 1.24 bits per heavy atom. The first-order chi connectivity index (χ1) is 14.0. The van der Waals surface area contributed by atoms with Crippen LogP contribution in [0.25, 0.3) is 11.3 Å². The molecule has 1 aromatic carbocycles. The van der Waals surface area contributed by atoms with E-state index in [0.717, 1.165) is 5.56 Å². The summed E-state index contributed by atoms with van der Waals surface area (Å²) < 4.78 is 4.73. The van der Waals surface area contributed by atoms with Crippen molar-refractivity contribution in [3.63, 3.8) is 0 Å². The van der Waals surface area contributed by atoms with E-state index in [1.807, 2.05) is 37.4 Å². The van der Waals surface area contributed by atoms with Gasteiger partial charge in [0.2, 0.25) is 5.91 Å². The van der Waals surface area contributed by atoms with Crippen LogP contribution >= 0.6 is 0 Å². The second-order valence-electron chi connectivity index (χ2n) is 7.00. The number of nitrogens with one attached hydrogen (secondary N) is 2. The highest BCUT2D eigenvalue weighted by molar-refractivity contribution is 5.95. The summed E-state index contributed by atoms with van der Waals surface area (Å²) in [6.07, 6.45) is 0.126. The normalized spacial score (nSPS) is 17.0. The Morgan fingerprint density at radius 3 is 2.72 bits per heavy atom. The predicted molar refractivity (Wildman–Crippen MR) is 106 cm³/mol. The van der Waals surface area contributed by atoms with Gasteiger partial charge in [0.05, 0.1) is 31.8 Å². The second kappa shape index (κ2) is 9.33. The van der Waals surface area contributed by atoms with Gasteiger partial charge < -0.3 is 19.9 Å². The van der Waals surface area contributed by atoms with Gasteiger partial charge in [0.1, 0.15) is 5.69 Å². The largest absolute Gasteiger partial charge is 0.469 e. The zero-order valence-electron chi connectivity index (χ0n) is 16.6. The standard InChI is InChI=1S/C20H25N5O4/c1-24-8-9-25(15(13-24)10-19(27)29-2)18(26)12-21-20(28)17-11-16(22-23-17)14-6-4-3-5-7-14/h3-7,11,15H,8-10,12-13H2,1-2H3,(H,21,28)(H,22,23). The number of H-pyrrole nitrogens is 1. The first kappa shape index (κ1) is 20.5. The Labute approximate surface area is 169 Å². The van der Waals surface area contributed by atoms with Crippen LogP contribution in [0.1, 0.15) is 16.9 Å². The smallest absolute Gasteiger partial charge is 0.307 e. The van der Waals surface area contributed by atoms with E-state index >= 15 is 0 Å². The third-order valence-electron chi connectivity index (χ3n) is 4.93. The molecule has 0 aliphatic carbocycles. The number of methoxy groups -OCH3 is 1. The van der Waals surface area contributed by atoms with Crippen LogP contribution in [0.4, 0.5) is 0 Å². The van der Waals surface area contributed by atoms with Crippen molar-refractivity contribution in [2.24, 2.45) is 0 Å². The third kappa shape index (κ3) is 5.20.